The Morgan fingerprint density at radius 3 is 2.67 bits per heavy atom. The lowest BCUT2D eigenvalue weighted by molar-refractivity contribution is 0.477. The number of imidazole rings is 1. The van der Waals surface area contributed by atoms with Gasteiger partial charge in [-0.3, -0.25) is 4.40 Å². The number of fused-ring (bicyclic) bond motifs is 3. The molecule has 2 aromatic heterocycles. The monoisotopic (exact) mass is 319 g/mol. The Bertz CT molecular complexity index is 1020. The summed E-state index contributed by atoms with van der Waals surface area (Å²) in [6, 6.07) is 15.1. The van der Waals surface area contributed by atoms with Crippen molar-refractivity contribution in [3.63, 3.8) is 0 Å². The van der Waals surface area contributed by atoms with Crippen LogP contribution in [0.3, 0.4) is 0 Å². The first kappa shape index (κ1) is 14.5. The number of phenols is 1. The van der Waals surface area contributed by atoms with E-state index in [4.69, 9.17) is 5.73 Å². The lowest BCUT2D eigenvalue weighted by Gasteiger charge is -2.08. The van der Waals surface area contributed by atoms with Crippen molar-refractivity contribution in [3.8, 4) is 17.0 Å². The predicted molar refractivity (Wildman–Crippen MR) is 95.1 cm³/mol. The Hall–Kier alpha value is -3.12. The number of rotatable bonds is 4. The first-order chi connectivity index (χ1) is 11.8. The van der Waals surface area contributed by atoms with Crippen LogP contribution in [-0.4, -0.2) is 32.6 Å². The smallest absolute Gasteiger partial charge is 0.181 e. The number of nitrogens with two attached hydrogens (primary N) is 1. The van der Waals surface area contributed by atoms with Crippen LogP contribution in [0.25, 0.3) is 27.9 Å². The molecular weight excluding hydrogens is 302 g/mol. The predicted octanol–water partition coefficient (Wildman–Crippen LogP) is 2.63. The van der Waals surface area contributed by atoms with E-state index in [-0.39, 0.29) is 5.75 Å². The second-order valence-electron chi connectivity index (χ2n) is 5.50. The molecule has 120 valence electrons. The number of nitrogens with one attached hydrogen (secondary N) is 1. The van der Waals surface area contributed by atoms with Gasteiger partial charge >= 0.3 is 0 Å². The third-order valence-electron chi connectivity index (χ3n) is 3.91. The summed E-state index contributed by atoms with van der Waals surface area (Å²) >= 11 is 0. The summed E-state index contributed by atoms with van der Waals surface area (Å²) in [6.45, 7) is 1.12. The molecule has 0 aliphatic carbocycles. The highest BCUT2D eigenvalue weighted by Crippen LogP contribution is 2.30. The molecule has 0 fully saturated rings. The normalized spacial score (nSPS) is 11.2. The fourth-order valence-corrected chi connectivity index (χ4v) is 2.79. The molecule has 4 N–H and O–H groups in total. The molecule has 2 heterocycles. The number of phenolic OH excluding ortho intramolecular Hbond substituents is 1. The largest absolute Gasteiger partial charge is 0.507 e. The highest BCUT2D eigenvalue weighted by atomic mass is 16.3. The summed E-state index contributed by atoms with van der Waals surface area (Å²) in [6.07, 6.45) is 1.92. The van der Waals surface area contributed by atoms with Gasteiger partial charge in [-0.25, -0.2) is 9.97 Å². The molecule has 0 saturated heterocycles. The summed E-state index contributed by atoms with van der Waals surface area (Å²) in [4.78, 5) is 9.34. The highest BCUT2D eigenvalue weighted by Gasteiger charge is 2.14. The van der Waals surface area contributed by atoms with E-state index in [9.17, 15) is 5.11 Å². The number of benzene rings is 2. The Morgan fingerprint density at radius 2 is 1.83 bits per heavy atom. The SMILES string of the molecule is NCCNc1nc2ccccc2n2cc(-c3ccccc3O)nc12. The van der Waals surface area contributed by atoms with Gasteiger partial charge in [0.2, 0.25) is 0 Å². The van der Waals surface area contributed by atoms with Crippen LogP contribution in [0.2, 0.25) is 0 Å². The first-order valence-corrected chi connectivity index (χ1v) is 7.78. The molecule has 0 aliphatic heterocycles. The maximum atomic E-state index is 10.1. The molecule has 0 aliphatic rings. The zero-order valence-electron chi connectivity index (χ0n) is 13.0. The van der Waals surface area contributed by atoms with Gasteiger partial charge in [0.05, 0.1) is 16.7 Å². The van der Waals surface area contributed by atoms with E-state index < -0.39 is 0 Å². The van der Waals surface area contributed by atoms with Crippen molar-refractivity contribution in [3.05, 3.63) is 54.7 Å². The Balaban J connectivity index is 1.99. The third kappa shape index (κ3) is 2.33. The van der Waals surface area contributed by atoms with Crippen LogP contribution in [0.15, 0.2) is 54.7 Å². The maximum Gasteiger partial charge on any atom is 0.181 e. The average Bonchev–Trinajstić information content (AvgIpc) is 3.05. The molecule has 4 rings (SSSR count). The molecule has 6 heteroatoms. The molecule has 0 unspecified atom stereocenters. The summed E-state index contributed by atoms with van der Waals surface area (Å²) in [5.74, 6) is 0.885. The van der Waals surface area contributed by atoms with Gasteiger partial charge in [-0.1, -0.05) is 24.3 Å². The summed E-state index contributed by atoms with van der Waals surface area (Å²) in [5.41, 5.74) is 9.52. The molecule has 0 saturated carbocycles. The Labute approximate surface area is 138 Å². The van der Waals surface area contributed by atoms with Gasteiger partial charge < -0.3 is 16.2 Å². The second kappa shape index (κ2) is 5.82. The standard InChI is InChI=1S/C18H17N5O/c19-9-10-20-17-18-22-14(12-5-1-4-8-16(12)24)11-23(18)15-7-3-2-6-13(15)21-17/h1-8,11,24H,9-10,19H2,(H,20,21). The Morgan fingerprint density at radius 1 is 1.04 bits per heavy atom. The molecule has 6 nitrogen and oxygen atoms in total. The van der Waals surface area contributed by atoms with Gasteiger partial charge in [-0.15, -0.1) is 0 Å². The number of hydrogen-bond donors (Lipinski definition) is 3. The van der Waals surface area contributed by atoms with E-state index in [0.717, 1.165) is 11.0 Å². The van der Waals surface area contributed by atoms with Crippen molar-refractivity contribution < 1.29 is 5.11 Å². The quantitative estimate of drug-likeness (QED) is 0.538. The zero-order chi connectivity index (χ0) is 16.5. The first-order valence-electron chi connectivity index (χ1n) is 7.78. The van der Waals surface area contributed by atoms with Crippen LogP contribution < -0.4 is 11.1 Å². The lowest BCUT2D eigenvalue weighted by Crippen LogP contribution is -2.14. The number of aromatic hydroxyl groups is 1. The van der Waals surface area contributed by atoms with Crippen LogP contribution in [0.1, 0.15) is 0 Å². The number of hydrogen-bond acceptors (Lipinski definition) is 5. The van der Waals surface area contributed by atoms with Crippen molar-refractivity contribution in [2.75, 3.05) is 18.4 Å². The summed E-state index contributed by atoms with van der Waals surface area (Å²) < 4.78 is 1.99. The van der Waals surface area contributed by atoms with Crippen molar-refractivity contribution in [1.82, 2.24) is 14.4 Å². The molecule has 0 amide bonds. The van der Waals surface area contributed by atoms with Gasteiger partial charge in [0.25, 0.3) is 0 Å². The number of anilines is 1. The fourth-order valence-electron chi connectivity index (χ4n) is 2.79. The van der Waals surface area contributed by atoms with E-state index in [1.54, 1.807) is 12.1 Å². The van der Waals surface area contributed by atoms with Crippen LogP contribution in [0, 0.1) is 0 Å². The Kier molecular flexibility index (Phi) is 3.51. The van der Waals surface area contributed by atoms with Gasteiger partial charge in [0.1, 0.15) is 5.75 Å². The lowest BCUT2D eigenvalue weighted by atomic mass is 10.1. The number of aromatic nitrogens is 3. The minimum atomic E-state index is 0.203. The molecule has 0 bridgehead atoms. The second-order valence-corrected chi connectivity index (χ2v) is 5.50. The van der Waals surface area contributed by atoms with Gasteiger partial charge in [0, 0.05) is 24.8 Å². The minimum Gasteiger partial charge on any atom is -0.507 e. The van der Waals surface area contributed by atoms with Crippen LogP contribution in [0.5, 0.6) is 5.75 Å². The van der Waals surface area contributed by atoms with Gasteiger partial charge in [0.15, 0.2) is 11.5 Å². The van der Waals surface area contributed by atoms with E-state index in [1.807, 2.05) is 47.0 Å². The number of para-hydroxylation sites is 3. The average molecular weight is 319 g/mol. The van der Waals surface area contributed by atoms with Crippen molar-refractivity contribution >= 4 is 22.5 Å². The topological polar surface area (TPSA) is 88.5 Å². The molecule has 0 atom stereocenters. The van der Waals surface area contributed by atoms with Crippen molar-refractivity contribution in [1.29, 1.82) is 0 Å². The molecular formula is C18H17N5O. The van der Waals surface area contributed by atoms with Crippen molar-refractivity contribution in [2.45, 2.75) is 0 Å². The molecule has 0 radical (unpaired) electrons. The third-order valence-corrected chi connectivity index (χ3v) is 3.91. The van der Waals surface area contributed by atoms with Crippen LogP contribution >= 0.6 is 0 Å². The fraction of sp³-hybridized carbons (Fsp3) is 0.111. The molecule has 2 aromatic carbocycles. The maximum absolute atomic E-state index is 10.1. The minimum absolute atomic E-state index is 0.203. The molecule has 0 spiro atoms. The highest BCUT2D eigenvalue weighted by molar-refractivity contribution is 5.85. The van der Waals surface area contributed by atoms with E-state index in [0.29, 0.717) is 35.8 Å². The van der Waals surface area contributed by atoms with Crippen molar-refractivity contribution in [2.24, 2.45) is 5.73 Å². The molecule has 24 heavy (non-hydrogen) atoms. The van der Waals surface area contributed by atoms with E-state index in [1.165, 1.54) is 0 Å². The number of nitrogens with zero attached hydrogens (tertiary/aromatic N) is 3. The van der Waals surface area contributed by atoms with Gasteiger partial charge in [-0.2, -0.15) is 0 Å². The van der Waals surface area contributed by atoms with Crippen LogP contribution in [0.4, 0.5) is 5.82 Å². The van der Waals surface area contributed by atoms with E-state index in [2.05, 4.69) is 15.3 Å². The van der Waals surface area contributed by atoms with E-state index >= 15 is 0 Å². The summed E-state index contributed by atoms with van der Waals surface area (Å²) in [7, 11) is 0. The van der Waals surface area contributed by atoms with Crippen LogP contribution in [-0.2, 0) is 0 Å². The zero-order valence-corrected chi connectivity index (χ0v) is 13.0. The van der Waals surface area contributed by atoms with Gasteiger partial charge in [-0.05, 0) is 24.3 Å². The summed E-state index contributed by atoms with van der Waals surface area (Å²) in [5, 5.41) is 13.3. The molecule has 4 aromatic rings.